The second-order valence-electron chi connectivity index (χ2n) is 7.77. The highest BCUT2D eigenvalue weighted by atomic mass is 16.6. The summed E-state index contributed by atoms with van der Waals surface area (Å²) in [6.45, 7) is 2.84. The van der Waals surface area contributed by atoms with Crippen LogP contribution >= 0.6 is 0 Å². The molecule has 0 heterocycles. The van der Waals surface area contributed by atoms with Crippen LogP contribution in [0.5, 0.6) is 17.2 Å². The summed E-state index contributed by atoms with van der Waals surface area (Å²) < 4.78 is 17.0. The fourth-order valence-electron chi connectivity index (χ4n) is 3.60. The summed E-state index contributed by atoms with van der Waals surface area (Å²) in [5.74, 6) is 1.62. The van der Waals surface area contributed by atoms with Crippen molar-refractivity contribution < 1.29 is 23.9 Å². The van der Waals surface area contributed by atoms with Gasteiger partial charge >= 0.3 is 6.03 Å². The van der Waals surface area contributed by atoms with Crippen molar-refractivity contribution in [1.82, 2.24) is 10.7 Å². The molecule has 0 radical (unpaired) electrons. The lowest BCUT2D eigenvalue weighted by atomic mass is 9.96. The first-order valence-corrected chi connectivity index (χ1v) is 11.4. The Morgan fingerprint density at radius 1 is 1.06 bits per heavy atom. The number of ether oxygens (including phenoxy) is 3. The van der Waals surface area contributed by atoms with Crippen molar-refractivity contribution in [2.45, 2.75) is 45.1 Å². The molecule has 0 bridgehead atoms. The van der Waals surface area contributed by atoms with Gasteiger partial charge in [0.1, 0.15) is 19.0 Å². The molecule has 2 N–H and O–H groups in total. The molecule has 34 heavy (non-hydrogen) atoms. The van der Waals surface area contributed by atoms with Crippen LogP contribution in [0.2, 0.25) is 0 Å². The number of nitrogens with zero attached hydrogens (tertiary/aromatic N) is 2. The predicted octanol–water partition coefficient (Wildman–Crippen LogP) is 4.42. The van der Waals surface area contributed by atoms with Crippen molar-refractivity contribution in [3.8, 4) is 17.2 Å². The number of nitro groups is 1. The number of carbonyl (C=O) groups excluding carboxylic acids is 1. The van der Waals surface area contributed by atoms with Crippen LogP contribution in [-0.4, -0.2) is 43.0 Å². The van der Waals surface area contributed by atoms with Crippen LogP contribution in [-0.2, 0) is 0 Å². The van der Waals surface area contributed by atoms with Crippen LogP contribution < -0.4 is 25.0 Å². The van der Waals surface area contributed by atoms with Gasteiger partial charge < -0.3 is 19.5 Å². The second kappa shape index (κ2) is 13.0. The lowest BCUT2D eigenvalue weighted by molar-refractivity contribution is -0.384. The average molecular weight is 471 g/mol. The Labute approximate surface area is 198 Å². The summed E-state index contributed by atoms with van der Waals surface area (Å²) >= 11 is 0. The van der Waals surface area contributed by atoms with E-state index in [-0.39, 0.29) is 31.0 Å². The fourth-order valence-corrected chi connectivity index (χ4v) is 3.60. The van der Waals surface area contributed by atoms with E-state index in [1.54, 1.807) is 36.5 Å². The van der Waals surface area contributed by atoms with Gasteiger partial charge in [-0.05, 0) is 55.7 Å². The molecule has 1 fully saturated rings. The zero-order valence-corrected chi connectivity index (χ0v) is 19.2. The third kappa shape index (κ3) is 7.95. The molecule has 2 aromatic carbocycles. The third-order valence-corrected chi connectivity index (χ3v) is 5.24. The first-order chi connectivity index (χ1) is 16.5. The minimum Gasteiger partial charge on any atom is -0.490 e. The minimum absolute atomic E-state index is 0.00800. The molecule has 2 amide bonds. The van der Waals surface area contributed by atoms with E-state index in [2.05, 4.69) is 15.8 Å². The van der Waals surface area contributed by atoms with E-state index in [9.17, 15) is 14.9 Å². The maximum atomic E-state index is 12.0. The molecular formula is C24H30N4O6. The normalized spacial score (nSPS) is 13.9. The molecule has 0 aromatic heterocycles. The molecule has 182 valence electrons. The summed E-state index contributed by atoms with van der Waals surface area (Å²) in [5, 5.41) is 17.7. The molecule has 3 rings (SSSR count). The minimum atomic E-state index is -0.459. The number of rotatable bonds is 11. The number of amides is 2. The zero-order chi connectivity index (χ0) is 24.2. The van der Waals surface area contributed by atoms with E-state index < -0.39 is 4.92 Å². The van der Waals surface area contributed by atoms with Crippen LogP contribution in [0.25, 0.3) is 0 Å². The second-order valence-corrected chi connectivity index (χ2v) is 7.77. The van der Waals surface area contributed by atoms with Gasteiger partial charge in [0.05, 0.1) is 17.7 Å². The average Bonchev–Trinajstić information content (AvgIpc) is 2.84. The van der Waals surface area contributed by atoms with Gasteiger partial charge in [0.15, 0.2) is 11.5 Å². The lowest BCUT2D eigenvalue weighted by Crippen LogP contribution is -2.41. The molecule has 2 aromatic rings. The van der Waals surface area contributed by atoms with Gasteiger partial charge in [-0.15, -0.1) is 0 Å². The van der Waals surface area contributed by atoms with Crippen LogP contribution in [0.15, 0.2) is 47.6 Å². The van der Waals surface area contributed by atoms with Crippen molar-refractivity contribution >= 4 is 17.9 Å². The number of urea groups is 1. The van der Waals surface area contributed by atoms with E-state index in [1.807, 2.05) is 6.92 Å². The van der Waals surface area contributed by atoms with E-state index in [0.717, 1.165) is 31.2 Å². The Kier molecular flexibility index (Phi) is 9.51. The Balaban J connectivity index is 1.47. The number of hydrogen-bond acceptors (Lipinski definition) is 7. The highest BCUT2D eigenvalue weighted by Gasteiger charge is 2.15. The van der Waals surface area contributed by atoms with Crippen LogP contribution in [0, 0.1) is 10.1 Å². The summed E-state index contributed by atoms with van der Waals surface area (Å²) in [6.07, 6.45) is 7.08. The van der Waals surface area contributed by atoms with E-state index in [1.165, 1.54) is 18.6 Å². The largest absolute Gasteiger partial charge is 0.490 e. The zero-order valence-electron chi connectivity index (χ0n) is 19.2. The molecule has 0 aliphatic heterocycles. The van der Waals surface area contributed by atoms with Gasteiger partial charge in [0, 0.05) is 18.2 Å². The number of non-ortho nitro benzene ring substituents is 1. The van der Waals surface area contributed by atoms with Gasteiger partial charge in [-0.3, -0.25) is 10.1 Å². The number of nitro benzene ring substituents is 1. The standard InChI is InChI=1S/C24H30N4O6/c1-2-32-23-16-18(17-25-27-24(29)26-19-6-4-3-5-7-19)8-13-22(23)34-15-14-33-21-11-9-20(10-12-21)28(30)31/h8-13,16-17,19H,2-7,14-15H2,1H3,(H2,26,27,29)/b25-17+. The SMILES string of the molecule is CCOc1cc(/C=N/NC(=O)NC2CCCCC2)ccc1OCCOc1ccc([N+](=O)[O-])cc1. The molecule has 10 nitrogen and oxygen atoms in total. The smallest absolute Gasteiger partial charge is 0.335 e. The van der Waals surface area contributed by atoms with Crippen molar-refractivity contribution in [3.63, 3.8) is 0 Å². The molecule has 0 unspecified atom stereocenters. The van der Waals surface area contributed by atoms with Crippen molar-refractivity contribution in [1.29, 1.82) is 0 Å². The van der Waals surface area contributed by atoms with Crippen molar-refractivity contribution in [2.75, 3.05) is 19.8 Å². The summed E-state index contributed by atoms with van der Waals surface area (Å²) in [6, 6.07) is 11.1. The molecule has 1 saturated carbocycles. The molecule has 0 saturated heterocycles. The maximum absolute atomic E-state index is 12.0. The predicted molar refractivity (Wildman–Crippen MR) is 128 cm³/mol. The first kappa shape index (κ1) is 24.8. The molecule has 0 spiro atoms. The number of hydrogen-bond donors (Lipinski definition) is 2. The Morgan fingerprint density at radius 2 is 1.79 bits per heavy atom. The number of nitrogens with one attached hydrogen (secondary N) is 2. The highest BCUT2D eigenvalue weighted by Crippen LogP contribution is 2.28. The van der Waals surface area contributed by atoms with Gasteiger partial charge in [-0.1, -0.05) is 19.3 Å². The van der Waals surface area contributed by atoms with E-state index in [0.29, 0.717) is 23.9 Å². The molecule has 10 heteroatoms. The lowest BCUT2D eigenvalue weighted by Gasteiger charge is -2.22. The quantitative estimate of drug-likeness (QED) is 0.217. The van der Waals surface area contributed by atoms with E-state index >= 15 is 0 Å². The van der Waals surface area contributed by atoms with Crippen LogP contribution in [0.3, 0.4) is 0 Å². The number of benzene rings is 2. The van der Waals surface area contributed by atoms with Gasteiger partial charge in [-0.2, -0.15) is 5.10 Å². The molecule has 1 aliphatic carbocycles. The number of hydrazone groups is 1. The molecule has 0 atom stereocenters. The van der Waals surface area contributed by atoms with Crippen LogP contribution in [0.1, 0.15) is 44.6 Å². The summed E-state index contributed by atoms with van der Waals surface area (Å²) in [7, 11) is 0. The Morgan fingerprint density at radius 3 is 2.50 bits per heavy atom. The molecular weight excluding hydrogens is 440 g/mol. The summed E-state index contributed by atoms with van der Waals surface area (Å²) in [4.78, 5) is 22.2. The Bertz CT molecular complexity index is 974. The van der Waals surface area contributed by atoms with Crippen LogP contribution in [0.4, 0.5) is 10.5 Å². The van der Waals surface area contributed by atoms with Gasteiger partial charge in [0.25, 0.3) is 5.69 Å². The van der Waals surface area contributed by atoms with Gasteiger partial charge in [-0.25, -0.2) is 10.2 Å². The Hall–Kier alpha value is -3.82. The van der Waals surface area contributed by atoms with Gasteiger partial charge in [0.2, 0.25) is 0 Å². The first-order valence-electron chi connectivity index (χ1n) is 11.4. The number of carbonyl (C=O) groups is 1. The van der Waals surface area contributed by atoms with E-state index in [4.69, 9.17) is 14.2 Å². The monoisotopic (exact) mass is 470 g/mol. The van der Waals surface area contributed by atoms with Crippen molar-refractivity contribution in [3.05, 3.63) is 58.1 Å². The fraction of sp³-hybridized carbons (Fsp3) is 0.417. The third-order valence-electron chi connectivity index (χ3n) is 5.24. The maximum Gasteiger partial charge on any atom is 0.335 e. The van der Waals surface area contributed by atoms with Crippen molar-refractivity contribution in [2.24, 2.45) is 5.10 Å². The summed E-state index contributed by atoms with van der Waals surface area (Å²) in [5.41, 5.74) is 3.26. The molecule has 1 aliphatic rings. The highest BCUT2D eigenvalue weighted by molar-refractivity contribution is 5.82. The topological polar surface area (TPSA) is 124 Å².